The Hall–Kier alpha value is -2.86. The number of aromatic nitrogens is 2. The van der Waals surface area contributed by atoms with Crippen LogP contribution in [-0.4, -0.2) is 16.5 Å². The third-order valence-corrected chi connectivity index (χ3v) is 8.88. The second-order valence-corrected chi connectivity index (χ2v) is 10.8. The highest BCUT2D eigenvalue weighted by atomic mass is 35.5. The third kappa shape index (κ3) is 4.09. The summed E-state index contributed by atoms with van der Waals surface area (Å²) in [6.07, 6.45) is 3.87. The van der Waals surface area contributed by atoms with Crippen LogP contribution in [-0.2, 0) is 13.1 Å². The van der Waals surface area contributed by atoms with Crippen LogP contribution in [0, 0.1) is 10.1 Å². The molecule has 0 fully saturated rings. The topological polar surface area (TPSA) is 85.4 Å². The summed E-state index contributed by atoms with van der Waals surface area (Å²) in [6, 6.07) is 8.68. The Morgan fingerprint density at radius 3 is 2.85 bits per heavy atom. The van der Waals surface area contributed by atoms with Gasteiger partial charge in [-0.2, -0.15) is 4.57 Å². The first-order valence-electron chi connectivity index (χ1n) is 10.2. The molecule has 0 saturated heterocycles. The monoisotopic (exact) mass is 533 g/mol. The van der Waals surface area contributed by atoms with Crippen LogP contribution in [0.1, 0.15) is 17.7 Å². The molecule has 1 aliphatic rings. The molecular weight excluding hydrogens is 516 g/mol. The van der Waals surface area contributed by atoms with Gasteiger partial charge in [0.1, 0.15) is 19.1 Å². The fourth-order valence-corrected chi connectivity index (χ4v) is 7.27. The summed E-state index contributed by atoms with van der Waals surface area (Å²) in [6.45, 7) is 2.84. The zero-order valence-electron chi connectivity index (χ0n) is 18.1. The fraction of sp³-hybridized carbons (Fsp3) is 0.182. The van der Waals surface area contributed by atoms with Gasteiger partial charge in [-0.1, -0.05) is 34.7 Å². The fourth-order valence-electron chi connectivity index (χ4n) is 3.68. The third-order valence-electron chi connectivity index (χ3n) is 5.33. The van der Waals surface area contributed by atoms with Crippen molar-refractivity contribution in [2.45, 2.75) is 24.9 Å². The van der Waals surface area contributed by atoms with Crippen molar-refractivity contribution >= 4 is 68.7 Å². The normalized spacial score (nSPS) is 15.3. The molecule has 0 N–H and O–H groups in total. The van der Waals surface area contributed by atoms with Gasteiger partial charge in [-0.3, -0.25) is 19.5 Å². The number of anilines is 1. The average molecular weight is 534 g/mol. The molecule has 4 heterocycles. The Labute approximate surface area is 210 Å². The van der Waals surface area contributed by atoms with Crippen LogP contribution in [0.3, 0.4) is 0 Å². The standard InChI is InChI=1S/C22H18ClN4O4S3/c1-3-26-19(11-18-25(8-9-32-18)12-14-5-7-17(31-14)27(29)30)34-20(21(26)28)22-24(2)15-6-4-13(23)10-16(15)33-22/h4-11H,3,12H2,1-2H3/q+1/b22-20+. The van der Waals surface area contributed by atoms with E-state index in [0.29, 0.717) is 28.4 Å². The molecular formula is C22H18ClN4O4S3+. The SMILES string of the molecule is CCn1c(=O)/c(=C2\Sc3cc(Cl)ccc3N2C)s/c1=C\c1scc[n+]1Cc1ccc([N+](=O)[O-])o1. The number of nitrogens with zero attached hydrogens (tertiary/aromatic N) is 4. The highest BCUT2D eigenvalue weighted by Crippen LogP contribution is 2.46. The van der Waals surface area contributed by atoms with Gasteiger partial charge in [-0.25, -0.2) is 0 Å². The van der Waals surface area contributed by atoms with E-state index in [0.717, 1.165) is 25.3 Å². The number of thiazole rings is 2. The molecule has 174 valence electrons. The van der Waals surface area contributed by atoms with Crippen LogP contribution in [0.5, 0.6) is 0 Å². The molecule has 0 amide bonds. The van der Waals surface area contributed by atoms with Crippen LogP contribution < -0.4 is 24.2 Å². The predicted molar refractivity (Wildman–Crippen MR) is 135 cm³/mol. The van der Waals surface area contributed by atoms with Crippen LogP contribution in [0.2, 0.25) is 5.02 Å². The lowest BCUT2D eigenvalue weighted by Gasteiger charge is -2.12. The van der Waals surface area contributed by atoms with E-state index in [-0.39, 0.29) is 11.4 Å². The number of fused-ring (bicyclic) bond motifs is 1. The Balaban J connectivity index is 1.57. The van der Waals surface area contributed by atoms with E-state index in [4.69, 9.17) is 16.0 Å². The van der Waals surface area contributed by atoms with Crippen molar-refractivity contribution in [1.82, 2.24) is 4.57 Å². The van der Waals surface area contributed by atoms with E-state index in [1.807, 2.05) is 59.3 Å². The molecule has 12 heteroatoms. The molecule has 1 aliphatic heterocycles. The van der Waals surface area contributed by atoms with E-state index in [1.54, 1.807) is 22.4 Å². The molecule has 0 atom stereocenters. The number of benzene rings is 1. The van der Waals surface area contributed by atoms with Crippen LogP contribution in [0.4, 0.5) is 11.6 Å². The smallest absolute Gasteiger partial charge is 0.399 e. The van der Waals surface area contributed by atoms with Crippen molar-refractivity contribution in [3.63, 3.8) is 0 Å². The summed E-state index contributed by atoms with van der Waals surface area (Å²) in [5.74, 6) is 0.206. The Morgan fingerprint density at radius 1 is 1.29 bits per heavy atom. The van der Waals surface area contributed by atoms with Crippen molar-refractivity contribution < 1.29 is 13.9 Å². The molecule has 0 bridgehead atoms. The first-order valence-corrected chi connectivity index (χ1v) is 13.1. The summed E-state index contributed by atoms with van der Waals surface area (Å²) >= 11 is 10.7. The molecule has 0 saturated carbocycles. The molecule has 0 unspecified atom stereocenters. The summed E-state index contributed by atoms with van der Waals surface area (Å²) in [7, 11) is 1.96. The lowest BCUT2D eigenvalue weighted by atomic mass is 10.3. The summed E-state index contributed by atoms with van der Waals surface area (Å²) < 4.78 is 10.5. The summed E-state index contributed by atoms with van der Waals surface area (Å²) in [5, 5.41) is 15.3. The van der Waals surface area contributed by atoms with Gasteiger partial charge >= 0.3 is 5.88 Å². The van der Waals surface area contributed by atoms with E-state index in [1.165, 1.54) is 28.7 Å². The van der Waals surface area contributed by atoms with Gasteiger partial charge in [-0.15, -0.1) is 11.3 Å². The van der Waals surface area contributed by atoms with E-state index < -0.39 is 4.92 Å². The minimum Gasteiger partial charge on any atom is -0.399 e. The van der Waals surface area contributed by atoms with Crippen molar-refractivity contribution in [3.8, 4) is 0 Å². The van der Waals surface area contributed by atoms with Crippen LogP contribution in [0.25, 0.3) is 11.1 Å². The first-order chi connectivity index (χ1) is 16.4. The minimum atomic E-state index is -0.552. The molecule has 0 radical (unpaired) electrons. The maximum atomic E-state index is 13.3. The van der Waals surface area contributed by atoms with Crippen LogP contribution >= 0.6 is 46.0 Å². The molecule has 4 aromatic rings. The van der Waals surface area contributed by atoms with Crippen molar-refractivity contribution in [2.75, 3.05) is 11.9 Å². The zero-order chi connectivity index (χ0) is 24.0. The number of halogens is 1. The lowest BCUT2D eigenvalue weighted by molar-refractivity contribution is -0.686. The summed E-state index contributed by atoms with van der Waals surface area (Å²) in [5.41, 5.74) is 0.992. The quantitative estimate of drug-likeness (QED) is 0.221. The zero-order valence-corrected chi connectivity index (χ0v) is 21.3. The molecule has 5 rings (SSSR count). The van der Waals surface area contributed by atoms with Crippen molar-refractivity contribution in [1.29, 1.82) is 0 Å². The number of rotatable bonds is 5. The molecule has 8 nitrogen and oxygen atoms in total. The summed E-state index contributed by atoms with van der Waals surface area (Å²) in [4.78, 5) is 26.7. The van der Waals surface area contributed by atoms with E-state index >= 15 is 0 Å². The molecule has 3 aromatic heterocycles. The highest BCUT2D eigenvalue weighted by Gasteiger charge is 2.25. The molecule has 0 aliphatic carbocycles. The maximum Gasteiger partial charge on any atom is 0.433 e. The number of furan rings is 1. The number of hydrogen-bond acceptors (Lipinski definition) is 8. The largest absolute Gasteiger partial charge is 0.433 e. The van der Waals surface area contributed by atoms with E-state index in [2.05, 4.69) is 0 Å². The Morgan fingerprint density at radius 2 is 2.12 bits per heavy atom. The molecule has 0 spiro atoms. The Kier molecular flexibility index (Phi) is 6.11. The second kappa shape index (κ2) is 9.06. The van der Waals surface area contributed by atoms with E-state index in [9.17, 15) is 14.9 Å². The van der Waals surface area contributed by atoms with Gasteiger partial charge in [0.2, 0.25) is 6.54 Å². The van der Waals surface area contributed by atoms with Crippen molar-refractivity contribution in [3.05, 3.63) is 87.4 Å². The Bertz CT molecular complexity index is 1600. The van der Waals surface area contributed by atoms with Gasteiger partial charge in [-0.05, 0) is 31.2 Å². The highest BCUT2D eigenvalue weighted by molar-refractivity contribution is 8.08. The minimum absolute atomic E-state index is 0.0308. The van der Waals surface area contributed by atoms with Gasteiger partial charge in [0.15, 0.2) is 12.0 Å². The lowest BCUT2D eigenvalue weighted by Crippen LogP contribution is -2.36. The molecule has 34 heavy (non-hydrogen) atoms. The van der Waals surface area contributed by atoms with Gasteiger partial charge in [0.25, 0.3) is 10.6 Å². The van der Waals surface area contributed by atoms with Gasteiger partial charge < -0.3 is 9.32 Å². The second-order valence-electron chi connectivity index (χ2n) is 7.41. The maximum absolute atomic E-state index is 13.3. The number of nitro groups is 1. The van der Waals surface area contributed by atoms with Crippen LogP contribution in [0.15, 0.2) is 56.0 Å². The first kappa shape index (κ1) is 22.9. The number of thioether (sulfide) groups is 1. The molecule has 1 aromatic carbocycles. The number of hydrogen-bond donors (Lipinski definition) is 0. The average Bonchev–Trinajstić information content (AvgIpc) is 3.57. The van der Waals surface area contributed by atoms with Gasteiger partial charge in [0.05, 0.1) is 23.2 Å². The van der Waals surface area contributed by atoms with Crippen molar-refractivity contribution in [2.24, 2.45) is 0 Å². The van der Waals surface area contributed by atoms with Gasteiger partial charge in [0, 0.05) is 23.5 Å². The predicted octanol–water partition coefficient (Wildman–Crippen LogP) is 3.62.